The Morgan fingerprint density at radius 1 is 0.476 bits per heavy atom. The molecule has 0 atom stereocenters. The Morgan fingerprint density at radius 3 is 1.05 bits per heavy atom. The van der Waals surface area contributed by atoms with Gasteiger partial charge in [0.2, 0.25) is 0 Å². The average Bonchev–Trinajstić information content (AvgIpc) is 2.50. The third kappa shape index (κ3) is 19.8. The molecule has 0 saturated carbocycles. The molecule has 0 aromatic carbocycles. The van der Waals surface area contributed by atoms with Gasteiger partial charge >= 0.3 is 0 Å². The van der Waals surface area contributed by atoms with Gasteiger partial charge in [0.1, 0.15) is 0 Å². The summed E-state index contributed by atoms with van der Waals surface area (Å²) < 4.78 is 0. The van der Waals surface area contributed by atoms with E-state index in [-0.39, 0.29) is 0 Å². The van der Waals surface area contributed by atoms with Gasteiger partial charge in [0.15, 0.2) is 0 Å². The SMILES string of the molecule is N#CCCCCCCCCCCCCCCCCCCS. The Morgan fingerprint density at radius 2 is 0.762 bits per heavy atom. The predicted molar refractivity (Wildman–Crippen MR) is 98.0 cm³/mol. The van der Waals surface area contributed by atoms with Gasteiger partial charge in [0.25, 0.3) is 0 Å². The summed E-state index contributed by atoms with van der Waals surface area (Å²) in [6, 6.07) is 2.22. The van der Waals surface area contributed by atoms with Crippen molar-refractivity contribution in [1.29, 1.82) is 5.26 Å². The first-order valence-electron chi connectivity index (χ1n) is 9.39. The second-order valence-corrected chi connectivity index (χ2v) is 6.74. The van der Waals surface area contributed by atoms with Gasteiger partial charge in [0, 0.05) is 6.42 Å². The average molecular weight is 312 g/mol. The molecule has 0 fully saturated rings. The van der Waals surface area contributed by atoms with Crippen molar-refractivity contribution in [3.63, 3.8) is 0 Å². The molecule has 0 bridgehead atoms. The van der Waals surface area contributed by atoms with Crippen LogP contribution in [0.1, 0.15) is 109 Å². The van der Waals surface area contributed by atoms with E-state index in [2.05, 4.69) is 18.7 Å². The highest BCUT2D eigenvalue weighted by Gasteiger charge is 1.94. The van der Waals surface area contributed by atoms with E-state index in [1.54, 1.807) is 0 Å². The molecule has 0 aliphatic heterocycles. The van der Waals surface area contributed by atoms with Crippen LogP contribution in [0.25, 0.3) is 0 Å². The first-order chi connectivity index (χ1) is 10.4. The van der Waals surface area contributed by atoms with Crippen molar-refractivity contribution in [2.24, 2.45) is 0 Å². The molecule has 0 spiro atoms. The van der Waals surface area contributed by atoms with Crippen molar-refractivity contribution in [2.75, 3.05) is 5.75 Å². The first-order valence-corrected chi connectivity index (χ1v) is 10.0. The second-order valence-electron chi connectivity index (χ2n) is 6.29. The highest BCUT2D eigenvalue weighted by Crippen LogP contribution is 2.13. The minimum atomic E-state index is 0.745. The lowest BCUT2D eigenvalue weighted by Gasteiger charge is -2.03. The topological polar surface area (TPSA) is 23.8 Å². The van der Waals surface area contributed by atoms with E-state index in [1.807, 2.05) is 0 Å². The summed E-state index contributed by atoms with van der Waals surface area (Å²) in [6.07, 6.45) is 22.8. The van der Waals surface area contributed by atoms with Crippen molar-refractivity contribution in [2.45, 2.75) is 109 Å². The van der Waals surface area contributed by atoms with Crippen molar-refractivity contribution < 1.29 is 0 Å². The summed E-state index contributed by atoms with van der Waals surface area (Å²) in [7, 11) is 0. The zero-order chi connectivity index (χ0) is 15.4. The van der Waals surface area contributed by atoms with E-state index in [0.717, 1.165) is 18.6 Å². The van der Waals surface area contributed by atoms with Gasteiger partial charge in [-0.1, -0.05) is 89.9 Å². The highest BCUT2D eigenvalue weighted by atomic mass is 32.1. The summed E-state index contributed by atoms with van der Waals surface area (Å²) in [6.45, 7) is 0. The molecule has 124 valence electrons. The van der Waals surface area contributed by atoms with Crippen molar-refractivity contribution in [3.05, 3.63) is 0 Å². The Bertz CT molecular complexity index is 222. The molecule has 0 heterocycles. The second kappa shape index (κ2) is 19.8. The third-order valence-electron chi connectivity index (χ3n) is 4.20. The summed E-state index contributed by atoms with van der Waals surface area (Å²) in [4.78, 5) is 0. The van der Waals surface area contributed by atoms with Gasteiger partial charge in [-0.2, -0.15) is 17.9 Å². The van der Waals surface area contributed by atoms with Crippen LogP contribution in [-0.2, 0) is 0 Å². The van der Waals surface area contributed by atoms with E-state index in [0.29, 0.717) is 0 Å². The number of hydrogen-bond donors (Lipinski definition) is 1. The van der Waals surface area contributed by atoms with E-state index >= 15 is 0 Å². The quantitative estimate of drug-likeness (QED) is 0.225. The summed E-state index contributed by atoms with van der Waals surface area (Å²) >= 11 is 4.24. The van der Waals surface area contributed by atoms with Crippen molar-refractivity contribution in [1.82, 2.24) is 0 Å². The van der Waals surface area contributed by atoms with Crippen LogP contribution in [0.2, 0.25) is 0 Å². The molecule has 0 rings (SSSR count). The van der Waals surface area contributed by atoms with Gasteiger partial charge in [0.05, 0.1) is 6.07 Å². The number of nitriles is 1. The Hall–Kier alpha value is -0.160. The summed E-state index contributed by atoms with van der Waals surface area (Å²) in [5.41, 5.74) is 0. The molecule has 1 nitrogen and oxygen atoms in total. The van der Waals surface area contributed by atoms with Gasteiger partial charge in [-0.3, -0.25) is 0 Å². The molecular formula is C19H37NS. The normalized spacial score (nSPS) is 10.7. The zero-order valence-corrected chi connectivity index (χ0v) is 15.0. The molecular weight excluding hydrogens is 274 g/mol. The number of hydrogen-bond acceptors (Lipinski definition) is 2. The molecule has 0 unspecified atom stereocenters. The molecule has 0 amide bonds. The van der Waals surface area contributed by atoms with Crippen LogP contribution in [0.4, 0.5) is 0 Å². The molecule has 2 heteroatoms. The van der Waals surface area contributed by atoms with Crippen LogP contribution < -0.4 is 0 Å². The number of thiol groups is 1. The summed E-state index contributed by atoms with van der Waals surface area (Å²) in [5, 5.41) is 8.44. The molecule has 0 aliphatic rings. The Labute approximate surface area is 139 Å². The minimum Gasteiger partial charge on any atom is -0.198 e. The lowest BCUT2D eigenvalue weighted by molar-refractivity contribution is 0.530. The van der Waals surface area contributed by atoms with Crippen LogP contribution in [-0.4, -0.2) is 5.75 Å². The van der Waals surface area contributed by atoms with Crippen LogP contribution >= 0.6 is 12.6 Å². The lowest BCUT2D eigenvalue weighted by Crippen LogP contribution is -1.84. The van der Waals surface area contributed by atoms with Gasteiger partial charge in [-0.05, 0) is 18.6 Å². The van der Waals surface area contributed by atoms with Gasteiger partial charge in [-0.15, -0.1) is 0 Å². The van der Waals surface area contributed by atoms with Crippen LogP contribution in [0.5, 0.6) is 0 Å². The van der Waals surface area contributed by atoms with E-state index in [1.165, 1.54) is 96.3 Å². The molecule has 0 saturated heterocycles. The fourth-order valence-corrected chi connectivity index (χ4v) is 3.01. The van der Waals surface area contributed by atoms with E-state index in [4.69, 9.17) is 5.26 Å². The zero-order valence-electron chi connectivity index (χ0n) is 14.1. The standard InChI is InChI=1S/C19H37NS/c20-18-16-14-12-10-8-6-4-2-1-3-5-7-9-11-13-15-17-19-21/h21H,1-17,19H2. The molecule has 0 N–H and O–H groups in total. The smallest absolute Gasteiger partial charge is 0.0621 e. The maximum atomic E-state index is 8.44. The van der Waals surface area contributed by atoms with Crippen LogP contribution in [0.15, 0.2) is 0 Å². The maximum absolute atomic E-state index is 8.44. The molecule has 21 heavy (non-hydrogen) atoms. The number of unbranched alkanes of at least 4 members (excludes halogenated alkanes) is 16. The Balaban J connectivity index is 2.92. The highest BCUT2D eigenvalue weighted by molar-refractivity contribution is 7.80. The molecule has 0 radical (unpaired) electrons. The monoisotopic (exact) mass is 311 g/mol. The first kappa shape index (κ1) is 20.8. The maximum Gasteiger partial charge on any atom is 0.0621 e. The number of nitrogens with zero attached hydrogens (tertiary/aromatic N) is 1. The largest absolute Gasteiger partial charge is 0.198 e. The van der Waals surface area contributed by atoms with E-state index < -0.39 is 0 Å². The molecule has 0 aliphatic carbocycles. The van der Waals surface area contributed by atoms with Crippen LogP contribution in [0, 0.1) is 11.3 Å². The van der Waals surface area contributed by atoms with E-state index in [9.17, 15) is 0 Å². The fraction of sp³-hybridized carbons (Fsp3) is 0.947. The summed E-state index contributed by atoms with van der Waals surface area (Å²) in [5.74, 6) is 1.06. The molecule has 0 aromatic rings. The van der Waals surface area contributed by atoms with Gasteiger partial charge < -0.3 is 0 Å². The minimum absolute atomic E-state index is 0.745. The fourth-order valence-electron chi connectivity index (χ4n) is 2.79. The van der Waals surface area contributed by atoms with Crippen molar-refractivity contribution in [3.8, 4) is 6.07 Å². The van der Waals surface area contributed by atoms with Crippen LogP contribution in [0.3, 0.4) is 0 Å². The Kier molecular flexibility index (Phi) is 19.7. The third-order valence-corrected chi connectivity index (χ3v) is 4.51. The van der Waals surface area contributed by atoms with Crippen molar-refractivity contribution >= 4 is 12.6 Å². The lowest BCUT2D eigenvalue weighted by atomic mass is 10.0. The predicted octanol–water partition coefficient (Wildman–Crippen LogP) is 7.07. The van der Waals surface area contributed by atoms with Gasteiger partial charge in [-0.25, -0.2) is 0 Å². The number of rotatable bonds is 17. The molecule has 0 aromatic heterocycles.